The van der Waals surface area contributed by atoms with Crippen LogP contribution in [0.4, 0.5) is 0 Å². The molecule has 4 nitrogen and oxygen atoms in total. The Morgan fingerprint density at radius 3 is 2.50 bits per heavy atom. The first-order valence-electron chi connectivity index (χ1n) is 5.12. The van der Waals surface area contributed by atoms with Gasteiger partial charge in [-0.2, -0.15) is 4.31 Å². The van der Waals surface area contributed by atoms with Gasteiger partial charge in [-0.25, -0.2) is 8.42 Å². The first kappa shape index (κ1) is 16.4. The number of hydrogen-bond acceptors (Lipinski definition) is 3. The van der Waals surface area contributed by atoms with Gasteiger partial charge in [0.2, 0.25) is 10.0 Å². The molecule has 1 aromatic rings. The third kappa shape index (κ3) is 3.26. The van der Waals surface area contributed by atoms with Crippen LogP contribution in [0.25, 0.3) is 0 Å². The predicted molar refractivity (Wildman–Crippen MR) is 80.4 cm³/mol. The molecule has 2 rings (SSSR count). The summed E-state index contributed by atoms with van der Waals surface area (Å²) in [7, 11) is -3.43. The number of halogens is 3. The van der Waals surface area contributed by atoms with E-state index >= 15 is 0 Å². The molecule has 18 heavy (non-hydrogen) atoms. The van der Waals surface area contributed by atoms with Crippen molar-refractivity contribution < 1.29 is 8.42 Å². The van der Waals surface area contributed by atoms with Gasteiger partial charge in [-0.05, 0) is 40.5 Å². The molecule has 1 heterocycles. The maximum absolute atomic E-state index is 12.3. The van der Waals surface area contributed by atoms with Gasteiger partial charge in [0.05, 0.1) is 4.90 Å². The number of benzene rings is 1. The molecular formula is C10H13Br2ClN2O2S. The fraction of sp³-hybridized carbons (Fsp3) is 0.400. The van der Waals surface area contributed by atoms with Crippen molar-refractivity contribution >= 4 is 54.3 Å². The highest BCUT2D eigenvalue weighted by atomic mass is 79.9. The fourth-order valence-electron chi connectivity index (χ4n) is 1.80. The molecule has 1 atom stereocenters. The lowest BCUT2D eigenvalue weighted by Crippen LogP contribution is -2.32. The smallest absolute Gasteiger partial charge is 0.244 e. The van der Waals surface area contributed by atoms with Crippen molar-refractivity contribution in [3.8, 4) is 0 Å². The Morgan fingerprint density at radius 2 is 2.00 bits per heavy atom. The molecule has 0 saturated carbocycles. The summed E-state index contributed by atoms with van der Waals surface area (Å²) in [4.78, 5) is 0.287. The van der Waals surface area contributed by atoms with Crippen molar-refractivity contribution in [1.29, 1.82) is 0 Å². The quantitative estimate of drug-likeness (QED) is 0.799. The number of sulfonamides is 1. The number of nitrogens with two attached hydrogens (primary N) is 1. The Kier molecular flexibility index (Phi) is 5.64. The van der Waals surface area contributed by atoms with E-state index in [0.29, 0.717) is 24.0 Å². The van der Waals surface area contributed by atoms with Gasteiger partial charge in [-0.15, -0.1) is 12.4 Å². The summed E-state index contributed by atoms with van der Waals surface area (Å²) in [5, 5.41) is 0. The van der Waals surface area contributed by atoms with Crippen LogP contribution in [0.1, 0.15) is 6.42 Å². The molecule has 0 aromatic heterocycles. The van der Waals surface area contributed by atoms with Crippen molar-refractivity contribution in [3.05, 3.63) is 27.1 Å². The van der Waals surface area contributed by atoms with E-state index in [1.165, 1.54) is 4.31 Å². The summed E-state index contributed by atoms with van der Waals surface area (Å²) in [5.74, 6) is 0. The molecule has 1 saturated heterocycles. The lowest BCUT2D eigenvalue weighted by Gasteiger charge is -2.17. The summed E-state index contributed by atoms with van der Waals surface area (Å²) in [6.45, 7) is 0.886. The lowest BCUT2D eigenvalue weighted by molar-refractivity contribution is 0.472. The van der Waals surface area contributed by atoms with E-state index in [-0.39, 0.29) is 23.3 Å². The highest BCUT2D eigenvalue weighted by molar-refractivity contribution is 9.11. The minimum absolute atomic E-state index is 0. The van der Waals surface area contributed by atoms with E-state index in [1.54, 1.807) is 18.2 Å². The summed E-state index contributed by atoms with van der Waals surface area (Å²) in [6.07, 6.45) is 0.716. The molecule has 1 fully saturated rings. The molecule has 102 valence electrons. The Bertz CT molecular complexity index is 539. The minimum Gasteiger partial charge on any atom is -0.326 e. The monoisotopic (exact) mass is 418 g/mol. The van der Waals surface area contributed by atoms with Crippen LogP contribution in [0.3, 0.4) is 0 Å². The normalized spacial score (nSPS) is 20.7. The molecule has 0 amide bonds. The van der Waals surface area contributed by atoms with Gasteiger partial charge in [0.1, 0.15) is 0 Å². The SMILES string of the molecule is Cl.N[C@H]1CCN(S(=O)(=O)c2ccc(Br)cc2Br)C1. The van der Waals surface area contributed by atoms with Crippen LogP contribution in [0.5, 0.6) is 0 Å². The zero-order valence-electron chi connectivity index (χ0n) is 9.34. The van der Waals surface area contributed by atoms with Crippen LogP contribution in [-0.4, -0.2) is 31.9 Å². The molecule has 8 heteroatoms. The zero-order chi connectivity index (χ0) is 12.6. The number of hydrogen-bond donors (Lipinski definition) is 1. The second-order valence-corrected chi connectivity index (χ2v) is 7.66. The summed E-state index contributed by atoms with van der Waals surface area (Å²) < 4.78 is 27.5. The van der Waals surface area contributed by atoms with Gasteiger partial charge >= 0.3 is 0 Å². The average Bonchev–Trinajstić information content (AvgIpc) is 2.64. The predicted octanol–water partition coefficient (Wildman–Crippen LogP) is 2.36. The Hall–Kier alpha value is 0.340. The van der Waals surface area contributed by atoms with Crippen molar-refractivity contribution in [2.45, 2.75) is 17.4 Å². The van der Waals surface area contributed by atoms with E-state index in [0.717, 1.165) is 4.47 Å². The molecule has 0 unspecified atom stereocenters. The second kappa shape index (κ2) is 6.19. The van der Waals surface area contributed by atoms with Crippen molar-refractivity contribution in [3.63, 3.8) is 0 Å². The molecule has 0 aliphatic carbocycles. The molecule has 0 bridgehead atoms. The van der Waals surface area contributed by atoms with Crippen LogP contribution in [-0.2, 0) is 10.0 Å². The highest BCUT2D eigenvalue weighted by Crippen LogP contribution is 2.29. The molecular weight excluding hydrogens is 407 g/mol. The zero-order valence-corrected chi connectivity index (χ0v) is 14.1. The van der Waals surface area contributed by atoms with Gasteiger partial charge in [0, 0.05) is 28.1 Å². The first-order chi connectivity index (χ1) is 7.91. The van der Waals surface area contributed by atoms with E-state index in [2.05, 4.69) is 31.9 Å². The van der Waals surface area contributed by atoms with Crippen LogP contribution < -0.4 is 5.73 Å². The Labute approximate surface area is 130 Å². The fourth-order valence-corrected chi connectivity index (χ4v) is 5.01. The Morgan fingerprint density at radius 1 is 1.33 bits per heavy atom. The van der Waals surface area contributed by atoms with Crippen LogP contribution in [0, 0.1) is 0 Å². The van der Waals surface area contributed by atoms with Gasteiger partial charge < -0.3 is 5.73 Å². The molecule has 0 radical (unpaired) electrons. The van der Waals surface area contributed by atoms with Gasteiger partial charge in [0.15, 0.2) is 0 Å². The lowest BCUT2D eigenvalue weighted by atomic mass is 10.3. The molecule has 1 aromatic carbocycles. The average molecular weight is 421 g/mol. The summed E-state index contributed by atoms with van der Waals surface area (Å²) >= 11 is 6.58. The molecule has 1 aliphatic rings. The number of nitrogens with zero attached hydrogens (tertiary/aromatic N) is 1. The first-order valence-corrected chi connectivity index (χ1v) is 8.14. The maximum atomic E-state index is 12.3. The molecule has 2 N–H and O–H groups in total. The van der Waals surface area contributed by atoms with Gasteiger partial charge in [0.25, 0.3) is 0 Å². The molecule has 0 spiro atoms. The van der Waals surface area contributed by atoms with Gasteiger partial charge in [-0.1, -0.05) is 15.9 Å². The second-order valence-electron chi connectivity index (χ2n) is 3.99. The van der Waals surface area contributed by atoms with E-state index < -0.39 is 10.0 Å². The van der Waals surface area contributed by atoms with Crippen molar-refractivity contribution in [2.75, 3.05) is 13.1 Å². The van der Waals surface area contributed by atoms with E-state index in [4.69, 9.17) is 5.73 Å². The van der Waals surface area contributed by atoms with E-state index in [9.17, 15) is 8.42 Å². The maximum Gasteiger partial charge on any atom is 0.244 e. The number of rotatable bonds is 2. The largest absolute Gasteiger partial charge is 0.326 e. The summed E-state index contributed by atoms with van der Waals surface area (Å²) in [5.41, 5.74) is 5.74. The van der Waals surface area contributed by atoms with Gasteiger partial charge in [-0.3, -0.25) is 0 Å². The topological polar surface area (TPSA) is 63.4 Å². The van der Waals surface area contributed by atoms with Crippen LogP contribution >= 0.6 is 44.3 Å². The Balaban J connectivity index is 0.00000162. The van der Waals surface area contributed by atoms with Crippen LogP contribution in [0.15, 0.2) is 32.0 Å². The standard InChI is InChI=1S/C10H12Br2N2O2S.ClH/c11-7-1-2-10(9(12)5-7)17(15,16)14-4-3-8(13)6-14;/h1-2,5,8H,3-4,6,13H2;1H/t8-;/m0./s1. The summed E-state index contributed by atoms with van der Waals surface area (Å²) in [6, 6.07) is 4.98. The highest BCUT2D eigenvalue weighted by Gasteiger charge is 2.32. The van der Waals surface area contributed by atoms with Crippen LogP contribution in [0.2, 0.25) is 0 Å². The van der Waals surface area contributed by atoms with Crippen molar-refractivity contribution in [2.24, 2.45) is 5.73 Å². The minimum atomic E-state index is -3.43. The third-order valence-corrected chi connectivity index (χ3v) is 6.03. The van der Waals surface area contributed by atoms with E-state index in [1.807, 2.05) is 0 Å². The van der Waals surface area contributed by atoms with Crippen molar-refractivity contribution in [1.82, 2.24) is 4.31 Å². The third-order valence-electron chi connectivity index (χ3n) is 2.70. The molecule has 1 aliphatic heterocycles.